The van der Waals surface area contributed by atoms with Crippen LogP contribution in [0.25, 0.3) is 11.0 Å². The van der Waals surface area contributed by atoms with Crippen molar-refractivity contribution in [3.63, 3.8) is 0 Å². The smallest absolute Gasteiger partial charge is 0.158 e. The summed E-state index contributed by atoms with van der Waals surface area (Å²) in [5, 5.41) is 5.46. The predicted molar refractivity (Wildman–Crippen MR) is 65.1 cm³/mol. The summed E-state index contributed by atoms with van der Waals surface area (Å²) < 4.78 is 1.97. The number of rotatable bonds is 3. The van der Waals surface area contributed by atoms with Gasteiger partial charge in [0.15, 0.2) is 5.65 Å². The van der Waals surface area contributed by atoms with Gasteiger partial charge in [-0.3, -0.25) is 0 Å². The van der Waals surface area contributed by atoms with Crippen LogP contribution in [-0.4, -0.2) is 21.0 Å². The first-order chi connectivity index (χ1) is 7.22. The third-order valence-electron chi connectivity index (χ3n) is 2.28. The highest BCUT2D eigenvalue weighted by atomic mass is 32.2. The lowest BCUT2D eigenvalue weighted by Crippen LogP contribution is -2.03. The molecule has 3 nitrogen and oxygen atoms in total. The molecule has 0 spiro atoms. The normalized spacial score (nSPS) is 11.5. The van der Waals surface area contributed by atoms with Gasteiger partial charge in [0.1, 0.15) is 0 Å². The molecule has 4 heteroatoms. The van der Waals surface area contributed by atoms with Crippen LogP contribution in [0.2, 0.25) is 0 Å². The molecule has 0 bridgehead atoms. The van der Waals surface area contributed by atoms with Crippen LogP contribution in [0.15, 0.2) is 18.3 Å². The van der Waals surface area contributed by atoms with Gasteiger partial charge in [-0.05, 0) is 32.2 Å². The van der Waals surface area contributed by atoms with Crippen LogP contribution < -0.4 is 0 Å². The molecule has 80 valence electrons. The van der Waals surface area contributed by atoms with E-state index in [1.807, 2.05) is 10.9 Å². The number of pyridine rings is 1. The van der Waals surface area contributed by atoms with Gasteiger partial charge in [-0.2, -0.15) is 16.9 Å². The number of thioether (sulfide) groups is 1. The summed E-state index contributed by atoms with van der Waals surface area (Å²) in [5.74, 6) is 0.958. The minimum absolute atomic E-state index is 0.361. The van der Waals surface area contributed by atoms with Crippen molar-refractivity contribution in [1.29, 1.82) is 0 Å². The van der Waals surface area contributed by atoms with Crippen molar-refractivity contribution in [2.24, 2.45) is 0 Å². The second kappa shape index (κ2) is 4.23. The van der Waals surface area contributed by atoms with Crippen LogP contribution in [-0.2, 0) is 5.75 Å². The Hall–Kier alpha value is -1.03. The Morgan fingerprint density at radius 1 is 1.40 bits per heavy atom. The average Bonchev–Trinajstić information content (AvgIpc) is 2.61. The zero-order valence-corrected chi connectivity index (χ0v) is 10.1. The summed E-state index contributed by atoms with van der Waals surface area (Å²) in [6, 6.07) is 4.53. The quantitative estimate of drug-likeness (QED) is 0.798. The SMILES string of the molecule is CSCc1ccc2cnn(C(C)C)c2n1. The van der Waals surface area contributed by atoms with Crippen molar-refractivity contribution in [2.45, 2.75) is 25.6 Å². The molecule has 2 rings (SSSR count). The molecular formula is C11H15N3S. The lowest BCUT2D eigenvalue weighted by Gasteiger charge is -2.06. The van der Waals surface area contributed by atoms with E-state index in [1.54, 1.807) is 11.8 Å². The van der Waals surface area contributed by atoms with Gasteiger partial charge in [-0.15, -0.1) is 0 Å². The second-order valence-electron chi connectivity index (χ2n) is 3.83. The summed E-state index contributed by atoms with van der Waals surface area (Å²) in [4.78, 5) is 4.63. The van der Waals surface area contributed by atoms with Gasteiger partial charge in [0, 0.05) is 17.2 Å². The van der Waals surface area contributed by atoms with E-state index in [2.05, 4.69) is 42.3 Å². The van der Waals surface area contributed by atoms with Crippen molar-refractivity contribution in [3.05, 3.63) is 24.0 Å². The zero-order chi connectivity index (χ0) is 10.8. The monoisotopic (exact) mass is 221 g/mol. The third-order valence-corrected chi connectivity index (χ3v) is 2.87. The first kappa shape index (κ1) is 10.5. The Bertz CT molecular complexity index is 462. The molecule has 0 radical (unpaired) electrons. The second-order valence-corrected chi connectivity index (χ2v) is 4.70. The van der Waals surface area contributed by atoms with Crippen molar-refractivity contribution in [3.8, 4) is 0 Å². The Labute approximate surface area is 93.9 Å². The van der Waals surface area contributed by atoms with Crippen molar-refractivity contribution >= 4 is 22.8 Å². The lowest BCUT2D eigenvalue weighted by molar-refractivity contribution is 0.546. The molecule has 0 aliphatic carbocycles. The van der Waals surface area contributed by atoms with E-state index >= 15 is 0 Å². The molecule has 2 aromatic rings. The Morgan fingerprint density at radius 2 is 2.20 bits per heavy atom. The third kappa shape index (κ3) is 2.00. The standard InChI is InChI=1S/C11H15N3S/c1-8(2)14-11-9(6-12-14)4-5-10(13-11)7-15-3/h4-6,8H,7H2,1-3H3. The molecule has 0 saturated heterocycles. The van der Waals surface area contributed by atoms with Crippen LogP contribution in [0.5, 0.6) is 0 Å². The summed E-state index contributed by atoms with van der Waals surface area (Å²) >= 11 is 1.79. The predicted octanol–water partition coefficient (Wildman–Crippen LogP) is 2.88. The summed E-state index contributed by atoms with van der Waals surface area (Å²) in [7, 11) is 0. The van der Waals surface area contributed by atoms with Gasteiger partial charge < -0.3 is 0 Å². The van der Waals surface area contributed by atoms with Gasteiger partial charge in [0.25, 0.3) is 0 Å². The van der Waals surface area contributed by atoms with E-state index in [1.165, 1.54) is 0 Å². The van der Waals surface area contributed by atoms with Gasteiger partial charge in [0.05, 0.1) is 11.9 Å². The van der Waals surface area contributed by atoms with Crippen LogP contribution >= 0.6 is 11.8 Å². The molecule has 0 amide bonds. The van der Waals surface area contributed by atoms with E-state index < -0.39 is 0 Å². The maximum absolute atomic E-state index is 4.63. The van der Waals surface area contributed by atoms with Gasteiger partial charge >= 0.3 is 0 Å². The fourth-order valence-corrected chi connectivity index (χ4v) is 2.02. The van der Waals surface area contributed by atoms with E-state index in [9.17, 15) is 0 Å². The number of hydrogen-bond donors (Lipinski definition) is 0. The molecular weight excluding hydrogens is 206 g/mol. The first-order valence-electron chi connectivity index (χ1n) is 5.04. The highest BCUT2D eigenvalue weighted by Gasteiger charge is 2.07. The highest BCUT2D eigenvalue weighted by Crippen LogP contribution is 2.17. The van der Waals surface area contributed by atoms with E-state index in [4.69, 9.17) is 0 Å². The number of fused-ring (bicyclic) bond motifs is 1. The van der Waals surface area contributed by atoms with Crippen molar-refractivity contribution in [1.82, 2.24) is 14.8 Å². The van der Waals surface area contributed by atoms with E-state index in [-0.39, 0.29) is 0 Å². The van der Waals surface area contributed by atoms with E-state index in [0.29, 0.717) is 6.04 Å². The largest absolute Gasteiger partial charge is 0.245 e. The summed E-state index contributed by atoms with van der Waals surface area (Å²) in [6.07, 6.45) is 3.97. The molecule has 0 aliphatic rings. The van der Waals surface area contributed by atoms with Gasteiger partial charge in [0.2, 0.25) is 0 Å². The number of hydrogen-bond acceptors (Lipinski definition) is 3. The van der Waals surface area contributed by atoms with Crippen molar-refractivity contribution < 1.29 is 0 Å². The fourth-order valence-electron chi connectivity index (χ4n) is 1.57. The molecule has 15 heavy (non-hydrogen) atoms. The molecule has 0 aliphatic heterocycles. The molecule has 0 aromatic carbocycles. The summed E-state index contributed by atoms with van der Waals surface area (Å²) in [5.41, 5.74) is 2.12. The lowest BCUT2D eigenvalue weighted by atomic mass is 10.3. The topological polar surface area (TPSA) is 30.7 Å². The molecule has 0 fully saturated rings. The molecule has 0 unspecified atom stereocenters. The fraction of sp³-hybridized carbons (Fsp3) is 0.455. The number of aromatic nitrogens is 3. The van der Waals surface area contributed by atoms with Crippen LogP contribution in [0.3, 0.4) is 0 Å². The highest BCUT2D eigenvalue weighted by molar-refractivity contribution is 7.97. The van der Waals surface area contributed by atoms with Crippen LogP contribution in [0.4, 0.5) is 0 Å². The Morgan fingerprint density at radius 3 is 2.87 bits per heavy atom. The first-order valence-corrected chi connectivity index (χ1v) is 6.44. The Balaban J connectivity index is 2.51. The van der Waals surface area contributed by atoms with Crippen molar-refractivity contribution in [2.75, 3.05) is 6.26 Å². The maximum atomic E-state index is 4.63. The minimum atomic E-state index is 0.361. The molecule has 0 saturated carbocycles. The zero-order valence-electron chi connectivity index (χ0n) is 9.27. The van der Waals surface area contributed by atoms with Gasteiger partial charge in [-0.25, -0.2) is 9.67 Å². The average molecular weight is 221 g/mol. The molecule has 2 aromatic heterocycles. The number of nitrogens with zero attached hydrogens (tertiary/aromatic N) is 3. The van der Waals surface area contributed by atoms with Gasteiger partial charge in [-0.1, -0.05) is 0 Å². The minimum Gasteiger partial charge on any atom is -0.245 e. The Kier molecular flexibility index (Phi) is 2.95. The maximum Gasteiger partial charge on any atom is 0.158 e. The molecule has 0 N–H and O–H groups in total. The summed E-state index contributed by atoms with van der Waals surface area (Å²) in [6.45, 7) is 4.24. The van der Waals surface area contributed by atoms with Crippen LogP contribution in [0.1, 0.15) is 25.6 Å². The van der Waals surface area contributed by atoms with Crippen LogP contribution in [0, 0.1) is 0 Å². The molecule has 2 heterocycles. The van der Waals surface area contributed by atoms with E-state index in [0.717, 1.165) is 22.5 Å². The molecule has 0 atom stereocenters.